The van der Waals surface area contributed by atoms with Gasteiger partial charge in [0.05, 0.1) is 4.92 Å². The molecule has 1 aliphatic rings. The van der Waals surface area contributed by atoms with Crippen LogP contribution in [0.25, 0.3) is 0 Å². The lowest BCUT2D eigenvalue weighted by molar-refractivity contribution is -0.384. The van der Waals surface area contributed by atoms with Crippen molar-refractivity contribution in [3.8, 4) is 0 Å². The molecule has 1 fully saturated rings. The van der Waals surface area contributed by atoms with Crippen LogP contribution in [0.3, 0.4) is 0 Å². The van der Waals surface area contributed by atoms with E-state index in [1.54, 1.807) is 13.0 Å². The third-order valence-electron chi connectivity index (χ3n) is 3.11. The van der Waals surface area contributed by atoms with Crippen LogP contribution in [-0.2, 0) is 4.79 Å². The molecule has 0 spiro atoms. The number of anilines is 1. The maximum atomic E-state index is 11.7. The lowest BCUT2D eigenvalue weighted by Gasteiger charge is -2.10. The maximum absolute atomic E-state index is 11.7. The molecule has 90 valence electrons. The number of nitro benzene ring substituents is 1. The van der Waals surface area contributed by atoms with Crippen molar-refractivity contribution in [1.29, 1.82) is 0 Å². The van der Waals surface area contributed by atoms with Crippen LogP contribution in [0.1, 0.15) is 24.0 Å². The SMILES string of the molecule is Cc1ccc([N+](=O)[O-])c(NC(=O)C2CC2)c1C. The highest BCUT2D eigenvalue weighted by Crippen LogP contribution is 2.34. The Morgan fingerprint density at radius 1 is 1.41 bits per heavy atom. The van der Waals surface area contributed by atoms with Gasteiger partial charge in [-0.1, -0.05) is 6.07 Å². The van der Waals surface area contributed by atoms with Crippen molar-refractivity contribution >= 4 is 17.3 Å². The van der Waals surface area contributed by atoms with Crippen molar-refractivity contribution in [1.82, 2.24) is 0 Å². The molecule has 5 heteroatoms. The van der Waals surface area contributed by atoms with Crippen LogP contribution in [0.2, 0.25) is 0 Å². The van der Waals surface area contributed by atoms with E-state index in [0.717, 1.165) is 24.0 Å². The van der Waals surface area contributed by atoms with E-state index in [4.69, 9.17) is 0 Å². The van der Waals surface area contributed by atoms with Crippen LogP contribution < -0.4 is 5.32 Å². The normalized spacial score (nSPS) is 14.5. The molecule has 1 aromatic carbocycles. The van der Waals surface area contributed by atoms with Gasteiger partial charge in [0.15, 0.2) is 0 Å². The van der Waals surface area contributed by atoms with Gasteiger partial charge in [-0.05, 0) is 37.8 Å². The molecule has 0 bridgehead atoms. The van der Waals surface area contributed by atoms with E-state index in [2.05, 4.69) is 5.32 Å². The van der Waals surface area contributed by atoms with Crippen molar-refractivity contribution in [2.45, 2.75) is 26.7 Å². The Bertz CT molecular complexity index is 493. The minimum atomic E-state index is -0.463. The molecule has 0 radical (unpaired) electrons. The van der Waals surface area contributed by atoms with Crippen molar-refractivity contribution in [3.05, 3.63) is 33.4 Å². The second kappa shape index (κ2) is 4.16. The second-order valence-corrected chi connectivity index (χ2v) is 4.42. The first-order valence-electron chi connectivity index (χ1n) is 5.56. The van der Waals surface area contributed by atoms with Gasteiger partial charge in [-0.25, -0.2) is 0 Å². The third kappa shape index (κ3) is 2.27. The number of nitrogens with one attached hydrogen (secondary N) is 1. The zero-order valence-corrected chi connectivity index (χ0v) is 9.82. The standard InChI is InChI=1S/C12H14N2O3/c1-7-3-6-10(14(16)17)11(8(7)2)13-12(15)9-4-5-9/h3,6,9H,4-5H2,1-2H3,(H,13,15). The summed E-state index contributed by atoms with van der Waals surface area (Å²) in [5.41, 5.74) is 1.99. The number of carbonyl (C=O) groups is 1. The highest BCUT2D eigenvalue weighted by Gasteiger charge is 2.31. The summed E-state index contributed by atoms with van der Waals surface area (Å²) in [7, 11) is 0. The van der Waals surface area contributed by atoms with Gasteiger partial charge in [0.1, 0.15) is 5.69 Å². The third-order valence-corrected chi connectivity index (χ3v) is 3.11. The van der Waals surface area contributed by atoms with Gasteiger partial charge in [0, 0.05) is 12.0 Å². The first kappa shape index (κ1) is 11.6. The van der Waals surface area contributed by atoms with E-state index < -0.39 is 4.92 Å². The quantitative estimate of drug-likeness (QED) is 0.645. The number of aryl methyl sites for hydroxylation is 1. The summed E-state index contributed by atoms with van der Waals surface area (Å²) in [4.78, 5) is 22.1. The van der Waals surface area contributed by atoms with Gasteiger partial charge in [-0.3, -0.25) is 14.9 Å². The maximum Gasteiger partial charge on any atom is 0.293 e. The fourth-order valence-electron chi connectivity index (χ4n) is 1.68. The monoisotopic (exact) mass is 234 g/mol. The second-order valence-electron chi connectivity index (χ2n) is 4.42. The molecule has 1 N–H and O–H groups in total. The number of amides is 1. The number of hydrogen-bond donors (Lipinski definition) is 1. The van der Waals surface area contributed by atoms with E-state index >= 15 is 0 Å². The lowest BCUT2D eigenvalue weighted by Crippen LogP contribution is -2.15. The molecule has 17 heavy (non-hydrogen) atoms. The van der Waals surface area contributed by atoms with Gasteiger partial charge < -0.3 is 5.32 Å². The van der Waals surface area contributed by atoms with E-state index in [1.807, 2.05) is 6.92 Å². The van der Waals surface area contributed by atoms with E-state index in [-0.39, 0.29) is 17.5 Å². The molecule has 0 unspecified atom stereocenters. The fourth-order valence-corrected chi connectivity index (χ4v) is 1.68. The summed E-state index contributed by atoms with van der Waals surface area (Å²) in [5, 5.41) is 13.6. The molecule has 0 aromatic heterocycles. The van der Waals surface area contributed by atoms with Gasteiger partial charge in [-0.15, -0.1) is 0 Å². The Hall–Kier alpha value is -1.91. The molecular weight excluding hydrogens is 220 g/mol. The minimum Gasteiger partial charge on any atom is -0.320 e. The van der Waals surface area contributed by atoms with Gasteiger partial charge in [0.2, 0.25) is 5.91 Å². The zero-order valence-electron chi connectivity index (χ0n) is 9.82. The fraction of sp³-hybridized carbons (Fsp3) is 0.417. The Morgan fingerprint density at radius 2 is 2.06 bits per heavy atom. The van der Waals surface area contributed by atoms with E-state index in [1.165, 1.54) is 6.07 Å². The Morgan fingerprint density at radius 3 is 2.59 bits per heavy atom. The van der Waals surface area contributed by atoms with Crippen molar-refractivity contribution in [3.63, 3.8) is 0 Å². The average Bonchev–Trinajstić information content (AvgIpc) is 3.08. The first-order valence-corrected chi connectivity index (χ1v) is 5.56. The Labute approximate surface area is 99.0 Å². The predicted octanol–water partition coefficient (Wildman–Crippen LogP) is 2.56. The van der Waals surface area contributed by atoms with E-state index in [9.17, 15) is 14.9 Å². The molecule has 0 atom stereocenters. The van der Waals surface area contributed by atoms with Crippen LogP contribution >= 0.6 is 0 Å². The van der Waals surface area contributed by atoms with Crippen LogP contribution in [0, 0.1) is 29.9 Å². The Kier molecular flexibility index (Phi) is 2.83. The molecule has 0 aliphatic heterocycles. The lowest BCUT2D eigenvalue weighted by atomic mass is 10.1. The van der Waals surface area contributed by atoms with Gasteiger partial charge in [0.25, 0.3) is 5.69 Å². The number of rotatable bonds is 3. The summed E-state index contributed by atoms with van der Waals surface area (Å²) in [5.74, 6) is -0.0729. The van der Waals surface area contributed by atoms with E-state index in [0.29, 0.717) is 5.69 Å². The van der Waals surface area contributed by atoms with Crippen LogP contribution in [0.4, 0.5) is 11.4 Å². The number of nitro groups is 1. The van der Waals surface area contributed by atoms with Crippen LogP contribution in [0.15, 0.2) is 12.1 Å². The predicted molar refractivity (Wildman–Crippen MR) is 63.9 cm³/mol. The minimum absolute atomic E-state index is 0.0366. The smallest absolute Gasteiger partial charge is 0.293 e. The number of hydrogen-bond acceptors (Lipinski definition) is 3. The summed E-state index contributed by atoms with van der Waals surface area (Å²) in [6.45, 7) is 3.65. The molecule has 1 aromatic rings. The molecule has 1 amide bonds. The summed E-state index contributed by atoms with van der Waals surface area (Å²) in [6.07, 6.45) is 1.76. The molecule has 1 saturated carbocycles. The van der Waals surface area contributed by atoms with Crippen molar-refractivity contribution < 1.29 is 9.72 Å². The van der Waals surface area contributed by atoms with Gasteiger partial charge >= 0.3 is 0 Å². The number of benzene rings is 1. The molecule has 5 nitrogen and oxygen atoms in total. The zero-order chi connectivity index (χ0) is 12.6. The molecule has 0 heterocycles. The summed E-state index contributed by atoms with van der Waals surface area (Å²) >= 11 is 0. The largest absolute Gasteiger partial charge is 0.320 e. The summed E-state index contributed by atoms with van der Waals surface area (Å²) in [6, 6.07) is 3.13. The molecule has 0 saturated heterocycles. The topological polar surface area (TPSA) is 72.2 Å². The Balaban J connectivity index is 2.37. The molecule has 1 aliphatic carbocycles. The number of carbonyl (C=O) groups excluding carboxylic acids is 1. The van der Waals surface area contributed by atoms with Gasteiger partial charge in [-0.2, -0.15) is 0 Å². The van der Waals surface area contributed by atoms with Crippen molar-refractivity contribution in [2.24, 2.45) is 5.92 Å². The average molecular weight is 234 g/mol. The van der Waals surface area contributed by atoms with Crippen molar-refractivity contribution in [2.75, 3.05) is 5.32 Å². The van der Waals surface area contributed by atoms with Crippen LogP contribution in [-0.4, -0.2) is 10.8 Å². The summed E-state index contributed by atoms with van der Waals surface area (Å²) < 4.78 is 0. The first-order chi connectivity index (χ1) is 8.00. The van der Waals surface area contributed by atoms with Crippen LogP contribution in [0.5, 0.6) is 0 Å². The molecular formula is C12H14N2O3. The highest BCUT2D eigenvalue weighted by molar-refractivity contribution is 5.97. The molecule has 2 rings (SSSR count). The highest BCUT2D eigenvalue weighted by atomic mass is 16.6. The number of nitrogens with zero attached hydrogens (tertiary/aromatic N) is 1.